The van der Waals surface area contributed by atoms with Gasteiger partial charge < -0.3 is 19.5 Å². The molecule has 0 aliphatic carbocycles. The molecule has 31 heavy (non-hydrogen) atoms. The van der Waals surface area contributed by atoms with E-state index in [-0.39, 0.29) is 11.9 Å². The van der Waals surface area contributed by atoms with Crippen LogP contribution in [-0.4, -0.2) is 48.6 Å². The van der Waals surface area contributed by atoms with Crippen molar-refractivity contribution in [1.29, 1.82) is 0 Å². The molecule has 1 unspecified atom stereocenters. The summed E-state index contributed by atoms with van der Waals surface area (Å²) in [5.41, 5.74) is 2.06. The Labute approximate surface area is 190 Å². The molecule has 2 heterocycles. The van der Waals surface area contributed by atoms with Crippen molar-refractivity contribution in [3.8, 4) is 0 Å². The summed E-state index contributed by atoms with van der Waals surface area (Å²) in [5.74, 6) is -0.586. The van der Waals surface area contributed by atoms with Gasteiger partial charge in [0.2, 0.25) is 0 Å². The maximum absolute atomic E-state index is 13.4. The summed E-state index contributed by atoms with van der Waals surface area (Å²) in [6, 6.07) is 12.6. The Kier molecular flexibility index (Phi) is 5.73. The number of aromatic nitrogens is 1. The molecule has 1 saturated heterocycles. The van der Waals surface area contributed by atoms with Crippen LogP contribution < -0.4 is 5.32 Å². The lowest BCUT2D eigenvalue weighted by atomic mass is 9.88. The fourth-order valence-electron chi connectivity index (χ4n) is 4.33. The number of nitrogens with zero attached hydrogens (tertiary/aromatic N) is 2. The van der Waals surface area contributed by atoms with Crippen LogP contribution in [0, 0.1) is 0 Å². The maximum atomic E-state index is 13.4. The molecule has 0 bridgehead atoms. The molecule has 0 radical (unpaired) electrons. The first kappa shape index (κ1) is 21.7. The molecule has 1 aromatic heterocycles. The van der Waals surface area contributed by atoms with E-state index < -0.39 is 5.54 Å². The smallest absolute Gasteiger partial charge is 0.337 e. The highest BCUT2D eigenvalue weighted by atomic mass is 35.5. The second-order valence-corrected chi connectivity index (χ2v) is 8.77. The molecule has 0 spiro atoms. The molecule has 1 atom stereocenters. The van der Waals surface area contributed by atoms with Gasteiger partial charge in [-0.15, -0.1) is 0 Å². The number of likely N-dealkylation sites (N-methyl/N-ethyl adjacent to an activating group) is 1. The monoisotopic (exact) mass is 459 g/mol. The van der Waals surface area contributed by atoms with Crippen molar-refractivity contribution in [1.82, 2.24) is 14.8 Å². The Balaban J connectivity index is 1.70. The summed E-state index contributed by atoms with van der Waals surface area (Å²) in [6.07, 6.45) is 0.753. The number of aryl methyl sites for hydroxylation is 1. The van der Waals surface area contributed by atoms with E-state index in [1.807, 2.05) is 31.3 Å². The van der Waals surface area contributed by atoms with E-state index in [1.165, 1.54) is 7.11 Å². The molecule has 3 aromatic rings. The Morgan fingerprint density at radius 1 is 1.10 bits per heavy atom. The normalized spacial score (nSPS) is 19.0. The number of hydrogen-bond donors (Lipinski definition) is 1. The summed E-state index contributed by atoms with van der Waals surface area (Å²) in [7, 11) is 5.18. The van der Waals surface area contributed by atoms with E-state index in [2.05, 4.69) is 10.2 Å². The van der Waals surface area contributed by atoms with Crippen LogP contribution in [0.5, 0.6) is 0 Å². The highest BCUT2D eigenvalue weighted by Crippen LogP contribution is 2.35. The van der Waals surface area contributed by atoms with E-state index >= 15 is 0 Å². The largest absolute Gasteiger partial charge is 0.465 e. The van der Waals surface area contributed by atoms with Crippen LogP contribution in [-0.2, 0) is 17.3 Å². The molecule has 1 aliphatic rings. The van der Waals surface area contributed by atoms with E-state index in [1.54, 1.807) is 29.8 Å². The molecule has 162 valence electrons. The maximum Gasteiger partial charge on any atom is 0.337 e. The quantitative estimate of drug-likeness (QED) is 0.592. The minimum absolute atomic E-state index is 0.196. The van der Waals surface area contributed by atoms with E-state index in [9.17, 15) is 9.59 Å². The molecule has 0 saturated carbocycles. The van der Waals surface area contributed by atoms with Gasteiger partial charge in [-0.2, -0.15) is 0 Å². The average molecular weight is 460 g/mol. The number of fused-ring (bicyclic) bond motifs is 1. The number of carbonyl (C=O) groups excluding carboxylic acids is 2. The van der Waals surface area contributed by atoms with Crippen LogP contribution in [0.4, 0.5) is 0 Å². The minimum atomic E-state index is -0.571. The summed E-state index contributed by atoms with van der Waals surface area (Å²) >= 11 is 12.6. The third-order valence-electron chi connectivity index (χ3n) is 5.99. The van der Waals surface area contributed by atoms with Gasteiger partial charge in [0.25, 0.3) is 5.91 Å². The van der Waals surface area contributed by atoms with Crippen molar-refractivity contribution in [2.75, 3.05) is 27.2 Å². The van der Waals surface area contributed by atoms with Gasteiger partial charge in [0.05, 0.1) is 33.8 Å². The van der Waals surface area contributed by atoms with Gasteiger partial charge in [-0.25, -0.2) is 4.79 Å². The number of amides is 1. The first-order valence-electron chi connectivity index (χ1n) is 9.89. The summed E-state index contributed by atoms with van der Waals surface area (Å²) in [4.78, 5) is 27.4. The number of carbonyl (C=O) groups is 2. The Hall–Kier alpha value is -2.54. The number of ether oxygens (including phenoxy) is 1. The first-order valence-corrected chi connectivity index (χ1v) is 10.6. The van der Waals surface area contributed by atoms with Crippen molar-refractivity contribution in [2.45, 2.75) is 12.0 Å². The van der Waals surface area contributed by atoms with Crippen LogP contribution >= 0.6 is 23.2 Å². The molecular formula is C23H23Cl2N3O3. The molecule has 4 rings (SSSR count). The lowest BCUT2D eigenvalue weighted by Gasteiger charge is -2.31. The predicted octanol–water partition coefficient (Wildman–Crippen LogP) is 4.23. The van der Waals surface area contributed by atoms with E-state index in [0.29, 0.717) is 27.8 Å². The van der Waals surface area contributed by atoms with Gasteiger partial charge in [0.15, 0.2) is 0 Å². The van der Waals surface area contributed by atoms with Crippen LogP contribution in [0.1, 0.15) is 32.8 Å². The highest BCUT2D eigenvalue weighted by molar-refractivity contribution is 6.45. The number of likely N-dealkylation sites (tertiary alicyclic amines) is 1. The van der Waals surface area contributed by atoms with Gasteiger partial charge in [-0.3, -0.25) is 4.79 Å². The Bertz CT molecular complexity index is 1170. The number of benzene rings is 2. The lowest BCUT2D eigenvalue weighted by molar-refractivity contribution is 0.0600. The van der Waals surface area contributed by atoms with Gasteiger partial charge in [-0.05, 0) is 43.3 Å². The second kappa shape index (κ2) is 8.19. The minimum Gasteiger partial charge on any atom is -0.465 e. The van der Waals surface area contributed by atoms with E-state index in [4.69, 9.17) is 27.9 Å². The van der Waals surface area contributed by atoms with Crippen molar-refractivity contribution >= 4 is 46.0 Å². The van der Waals surface area contributed by atoms with Crippen molar-refractivity contribution in [3.63, 3.8) is 0 Å². The Morgan fingerprint density at radius 3 is 2.42 bits per heavy atom. The number of nitrogens with one attached hydrogen (secondary N) is 1. The van der Waals surface area contributed by atoms with Gasteiger partial charge in [0, 0.05) is 25.5 Å². The zero-order chi connectivity index (χ0) is 22.3. The van der Waals surface area contributed by atoms with Crippen LogP contribution in [0.2, 0.25) is 10.0 Å². The molecule has 1 fully saturated rings. The molecule has 1 aliphatic heterocycles. The van der Waals surface area contributed by atoms with Crippen LogP contribution in [0.25, 0.3) is 10.9 Å². The topological polar surface area (TPSA) is 63.6 Å². The summed E-state index contributed by atoms with van der Waals surface area (Å²) in [5, 5.41) is 4.98. The number of methoxy groups -OCH3 is 1. The van der Waals surface area contributed by atoms with Crippen molar-refractivity contribution < 1.29 is 14.3 Å². The van der Waals surface area contributed by atoms with Crippen LogP contribution in [0.15, 0.2) is 42.5 Å². The lowest BCUT2D eigenvalue weighted by Crippen LogP contribution is -2.48. The molecule has 6 nitrogen and oxygen atoms in total. The van der Waals surface area contributed by atoms with Crippen molar-refractivity contribution in [3.05, 3.63) is 69.3 Å². The average Bonchev–Trinajstić information content (AvgIpc) is 3.31. The van der Waals surface area contributed by atoms with Crippen molar-refractivity contribution in [2.24, 2.45) is 7.05 Å². The number of hydrogen-bond acceptors (Lipinski definition) is 4. The van der Waals surface area contributed by atoms with Gasteiger partial charge >= 0.3 is 5.97 Å². The number of halogens is 2. The Morgan fingerprint density at radius 2 is 1.81 bits per heavy atom. The predicted molar refractivity (Wildman–Crippen MR) is 122 cm³/mol. The highest BCUT2D eigenvalue weighted by Gasteiger charge is 2.40. The summed E-state index contributed by atoms with van der Waals surface area (Å²) < 4.78 is 6.56. The summed E-state index contributed by atoms with van der Waals surface area (Å²) in [6.45, 7) is 1.50. The zero-order valence-electron chi connectivity index (χ0n) is 17.5. The second-order valence-electron chi connectivity index (χ2n) is 7.98. The molecule has 2 aromatic carbocycles. The fourth-order valence-corrected chi connectivity index (χ4v) is 4.78. The molecule has 1 N–H and O–H groups in total. The standard InChI is InChI=1S/C23H23Cl2N3O3/c1-27-11-10-23(13-27,16-7-4-14(5-8-16)22(30)31-3)26-21(29)18-12-15-6-9-17(24)19(25)20(15)28(18)2/h4-9,12H,10-11,13H2,1-3H3,(H,26,29). The van der Waals surface area contributed by atoms with E-state index in [0.717, 1.165) is 29.4 Å². The first-order chi connectivity index (χ1) is 14.8. The molecule has 8 heteroatoms. The molecule has 1 amide bonds. The number of rotatable bonds is 4. The third kappa shape index (κ3) is 3.80. The SMILES string of the molecule is COC(=O)c1ccc(C2(NC(=O)c3cc4ccc(Cl)c(Cl)c4n3C)CCN(C)C2)cc1. The van der Waals surface area contributed by atoms with Gasteiger partial charge in [-0.1, -0.05) is 41.4 Å². The van der Waals surface area contributed by atoms with Gasteiger partial charge in [0.1, 0.15) is 5.69 Å². The molecular weight excluding hydrogens is 437 g/mol. The zero-order valence-corrected chi connectivity index (χ0v) is 19.0. The number of esters is 1. The third-order valence-corrected chi connectivity index (χ3v) is 6.79. The fraction of sp³-hybridized carbons (Fsp3) is 0.304. The van der Waals surface area contributed by atoms with Crippen LogP contribution in [0.3, 0.4) is 0 Å².